The van der Waals surface area contributed by atoms with Crippen LogP contribution in [0.15, 0.2) is 47.4 Å². The van der Waals surface area contributed by atoms with Crippen molar-refractivity contribution in [3.05, 3.63) is 48.2 Å². The van der Waals surface area contributed by atoms with E-state index in [2.05, 4.69) is 15.6 Å². The van der Waals surface area contributed by atoms with E-state index in [9.17, 15) is 13.2 Å². The van der Waals surface area contributed by atoms with Crippen molar-refractivity contribution in [2.45, 2.75) is 11.8 Å². The number of amides is 2. The fraction of sp³-hybridized carbons (Fsp3) is 0.250. The fourth-order valence-corrected chi connectivity index (χ4v) is 4.81. The van der Waals surface area contributed by atoms with Crippen molar-refractivity contribution in [2.24, 2.45) is 0 Å². The van der Waals surface area contributed by atoms with Gasteiger partial charge in [-0.15, -0.1) is 0 Å². The molecule has 8 nitrogen and oxygen atoms in total. The van der Waals surface area contributed by atoms with Crippen molar-refractivity contribution in [3.63, 3.8) is 0 Å². The number of carbonyl (C=O) groups is 1. The van der Waals surface area contributed by atoms with Crippen LogP contribution < -0.4 is 20.1 Å². The molecule has 0 fully saturated rings. The molecule has 3 N–H and O–H groups in total. The molecule has 0 aliphatic carbocycles. The molecular weight excluding hydrogens is 394 g/mol. The topological polar surface area (TPSA) is 110 Å². The predicted molar refractivity (Wildman–Crippen MR) is 112 cm³/mol. The summed E-state index contributed by atoms with van der Waals surface area (Å²) in [4.78, 5) is 15.6. The summed E-state index contributed by atoms with van der Waals surface area (Å²) >= 11 is 0. The Morgan fingerprint density at radius 2 is 1.83 bits per heavy atom. The highest BCUT2D eigenvalue weighted by Crippen LogP contribution is 2.34. The molecule has 0 bridgehead atoms. The normalized spacial score (nSPS) is 11.3. The highest BCUT2D eigenvalue weighted by atomic mass is 32.2. The van der Waals surface area contributed by atoms with Crippen LogP contribution in [-0.2, 0) is 9.84 Å². The van der Waals surface area contributed by atoms with Gasteiger partial charge in [0.15, 0.2) is 21.3 Å². The average Bonchev–Trinajstić information content (AvgIpc) is 3.04. The van der Waals surface area contributed by atoms with Gasteiger partial charge in [-0.1, -0.05) is 24.3 Å². The van der Waals surface area contributed by atoms with E-state index in [1.54, 1.807) is 37.3 Å². The summed E-state index contributed by atoms with van der Waals surface area (Å²) in [5.41, 5.74) is 1.76. The number of hydrogen-bond donors (Lipinski definition) is 3. The molecule has 0 unspecified atom stereocenters. The zero-order valence-electron chi connectivity index (χ0n) is 16.4. The number of aromatic nitrogens is 1. The molecule has 1 heterocycles. The van der Waals surface area contributed by atoms with Crippen molar-refractivity contribution in [2.75, 3.05) is 31.8 Å². The van der Waals surface area contributed by atoms with E-state index in [0.29, 0.717) is 28.3 Å². The number of nitrogens with one attached hydrogen (secondary N) is 3. The van der Waals surface area contributed by atoms with Crippen molar-refractivity contribution in [3.8, 4) is 11.5 Å². The first-order valence-electron chi connectivity index (χ1n) is 8.93. The second kappa shape index (κ2) is 8.44. The van der Waals surface area contributed by atoms with Gasteiger partial charge in [0.25, 0.3) is 0 Å². The summed E-state index contributed by atoms with van der Waals surface area (Å²) in [6.45, 7) is 1.68. The molecule has 0 saturated heterocycles. The molecule has 2 amide bonds. The summed E-state index contributed by atoms with van der Waals surface area (Å²) in [6, 6.07) is 11.8. The molecule has 2 aromatic carbocycles. The Bertz CT molecular complexity index is 1140. The van der Waals surface area contributed by atoms with Gasteiger partial charge in [-0.05, 0) is 25.1 Å². The van der Waals surface area contributed by atoms with Crippen LogP contribution in [0.25, 0.3) is 10.9 Å². The van der Waals surface area contributed by atoms with E-state index in [-0.39, 0.29) is 17.2 Å². The van der Waals surface area contributed by atoms with Crippen LogP contribution in [0, 0.1) is 6.92 Å². The number of para-hydroxylation sites is 2. The maximum absolute atomic E-state index is 12.8. The highest BCUT2D eigenvalue weighted by Gasteiger charge is 2.22. The summed E-state index contributed by atoms with van der Waals surface area (Å²) < 4.78 is 36.1. The molecule has 0 saturated carbocycles. The molecule has 0 aliphatic rings. The van der Waals surface area contributed by atoms with Gasteiger partial charge in [-0.25, -0.2) is 13.2 Å². The molecule has 0 aliphatic heterocycles. The fourth-order valence-electron chi connectivity index (χ4n) is 3.20. The average molecular weight is 417 g/mol. The maximum atomic E-state index is 12.8. The van der Waals surface area contributed by atoms with Gasteiger partial charge >= 0.3 is 6.03 Å². The third-order valence-corrected chi connectivity index (χ3v) is 6.34. The van der Waals surface area contributed by atoms with E-state index in [0.717, 1.165) is 5.52 Å². The van der Waals surface area contributed by atoms with Gasteiger partial charge in [-0.3, -0.25) is 0 Å². The maximum Gasteiger partial charge on any atom is 0.319 e. The predicted octanol–water partition coefficient (Wildman–Crippen LogP) is 3.09. The number of anilines is 1. The number of fused-ring (bicyclic) bond motifs is 1. The lowest BCUT2D eigenvalue weighted by Gasteiger charge is -2.14. The van der Waals surface area contributed by atoms with Crippen LogP contribution in [-0.4, -0.2) is 46.0 Å². The number of aromatic amines is 1. The Hall–Kier alpha value is -3.20. The molecule has 154 valence electrons. The lowest BCUT2D eigenvalue weighted by atomic mass is 10.2. The number of urea groups is 1. The zero-order valence-corrected chi connectivity index (χ0v) is 17.2. The second-order valence-corrected chi connectivity index (χ2v) is 8.41. The van der Waals surface area contributed by atoms with Crippen LogP contribution in [0.1, 0.15) is 5.69 Å². The molecular formula is C20H23N3O5S. The van der Waals surface area contributed by atoms with Gasteiger partial charge in [0.05, 0.1) is 30.6 Å². The third kappa shape index (κ3) is 4.29. The Morgan fingerprint density at radius 1 is 1.07 bits per heavy atom. The molecule has 29 heavy (non-hydrogen) atoms. The number of aryl methyl sites for hydroxylation is 1. The largest absolute Gasteiger partial charge is 0.493 e. The molecule has 9 heteroatoms. The number of rotatable bonds is 7. The van der Waals surface area contributed by atoms with Gasteiger partial charge in [-0.2, -0.15) is 0 Å². The molecule has 3 rings (SSSR count). The lowest BCUT2D eigenvalue weighted by molar-refractivity contribution is 0.252. The minimum Gasteiger partial charge on any atom is -0.493 e. The minimum atomic E-state index is -3.58. The van der Waals surface area contributed by atoms with Crippen LogP contribution in [0.3, 0.4) is 0 Å². The van der Waals surface area contributed by atoms with E-state index in [1.165, 1.54) is 14.2 Å². The zero-order chi connectivity index (χ0) is 21.0. The number of H-pyrrole nitrogens is 1. The molecule has 0 atom stereocenters. The first-order valence-corrected chi connectivity index (χ1v) is 10.6. The number of sulfone groups is 1. The monoisotopic (exact) mass is 417 g/mol. The summed E-state index contributed by atoms with van der Waals surface area (Å²) in [5, 5.41) is 5.86. The summed E-state index contributed by atoms with van der Waals surface area (Å²) in [6.07, 6.45) is 0. The highest BCUT2D eigenvalue weighted by molar-refractivity contribution is 7.91. The quantitative estimate of drug-likeness (QED) is 0.547. The van der Waals surface area contributed by atoms with E-state index >= 15 is 0 Å². The molecule has 1 aromatic heterocycles. The Kier molecular flexibility index (Phi) is 5.97. The number of methoxy groups -OCH3 is 2. The smallest absolute Gasteiger partial charge is 0.319 e. The first-order chi connectivity index (χ1) is 13.9. The van der Waals surface area contributed by atoms with Crippen molar-refractivity contribution in [1.29, 1.82) is 0 Å². The molecule has 3 aromatic rings. The van der Waals surface area contributed by atoms with Gasteiger partial charge in [0.2, 0.25) is 0 Å². The van der Waals surface area contributed by atoms with Crippen molar-refractivity contribution in [1.82, 2.24) is 10.3 Å². The van der Waals surface area contributed by atoms with Gasteiger partial charge < -0.3 is 25.1 Å². The first kappa shape index (κ1) is 20.5. The van der Waals surface area contributed by atoms with Crippen LogP contribution in [0.2, 0.25) is 0 Å². The SMILES string of the molecule is COc1cccc(NC(=O)NCCS(=O)(=O)c2c(C)[nH]c3ccccc23)c1OC. The molecule has 0 radical (unpaired) electrons. The standard InChI is InChI=1S/C20H23N3O5S/c1-13-19(14-7-4-5-8-15(14)22-13)29(25,26)12-11-21-20(24)23-16-9-6-10-17(27-2)18(16)28-3/h4-10,22H,11-12H2,1-3H3,(H2,21,23,24). The Morgan fingerprint density at radius 3 is 2.55 bits per heavy atom. The summed E-state index contributed by atoms with van der Waals surface area (Å²) in [7, 11) is -0.616. The van der Waals surface area contributed by atoms with Crippen LogP contribution >= 0.6 is 0 Å². The summed E-state index contributed by atoms with van der Waals surface area (Å²) in [5.74, 6) is 0.633. The van der Waals surface area contributed by atoms with Gasteiger partial charge in [0, 0.05) is 23.1 Å². The van der Waals surface area contributed by atoms with Crippen molar-refractivity contribution >= 4 is 32.5 Å². The van der Waals surface area contributed by atoms with E-state index in [4.69, 9.17) is 9.47 Å². The lowest BCUT2D eigenvalue weighted by Crippen LogP contribution is -2.33. The van der Waals surface area contributed by atoms with Gasteiger partial charge in [0.1, 0.15) is 0 Å². The minimum absolute atomic E-state index is 0.0423. The Balaban J connectivity index is 1.67. The van der Waals surface area contributed by atoms with Crippen LogP contribution in [0.5, 0.6) is 11.5 Å². The van der Waals surface area contributed by atoms with Crippen molar-refractivity contribution < 1.29 is 22.7 Å². The number of carbonyl (C=O) groups excluding carboxylic acids is 1. The van der Waals surface area contributed by atoms with Crippen LogP contribution in [0.4, 0.5) is 10.5 Å². The number of ether oxygens (including phenoxy) is 2. The van der Waals surface area contributed by atoms with E-state index < -0.39 is 15.9 Å². The third-order valence-electron chi connectivity index (χ3n) is 4.45. The molecule has 0 spiro atoms. The number of hydrogen-bond acceptors (Lipinski definition) is 5. The second-order valence-electron chi connectivity index (χ2n) is 6.37. The Labute approximate surface area is 169 Å². The van der Waals surface area contributed by atoms with E-state index in [1.807, 2.05) is 12.1 Å². The number of benzene rings is 2.